The van der Waals surface area contributed by atoms with E-state index in [1.165, 1.54) is 30.5 Å². The first-order valence-electron chi connectivity index (χ1n) is 15.6. The summed E-state index contributed by atoms with van der Waals surface area (Å²) in [4.78, 5) is 74.2. The van der Waals surface area contributed by atoms with Gasteiger partial charge in [0.05, 0.1) is 11.9 Å². The van der Waals surface area contributed by atoms with Crippen molar-refractivity contribution >= 4 is 46.6 Å². The Balaban J connectivity index is 1.30. The fraction of sp³-hybridized carbons (Fsp3) is 0.0789. The van der Waals surface area contributed by atoms with Crippen molar-refractivity contribution in [1.82, 2.24) is 19.9 Å². The lowest BCUT2D eigenvalue weighted by molar-refractivity contribution is -0.120. The monoisotopic (exact) mass is 682 g/mol. The highest BCUT2D eigenvalue weighted by atomic mass is 16.5. The number of aromatic nitrogens is 3. The molecule has 254 valence electrons. The van der Waals surface area contributed by atoms with Gasteiger partial charge in [-0.2, -0.15) is 0 Å². The minimum atomic E-state index is -0.892. The molecule has 0 spiro atoms. The molecule has 0 fully saturated rings. The lowest BCUT2D eigenvalue weighted by Gasteiger charge is -2.15. The van der Waals surface area contributed by atoms with Crippen LogP contribution in [0.5, 0.6) is 0 Å². The zero-order valence-electron chi connectivity index (χ0n) is 27.2. The van der Waals surface area contributed by atoms with E-state index in [0.29, 0.717) is 11.1 Å². The molecule has 0 bridgehead atoms. The molecule has 2 aromatic heterocycles. The molecule has 0 aliphatic rings. The van der Waals surface area contributed by atoms with E-state index in [1.54, 1.807) is 66.7 Å². The highest BCUT2D eigenvalue weighted by molar-refractivity contribution is 6.11. The predicted molar refractivity (Wildman–Crippen MR) is 188 cm³/mol. The van der Waals surface area contributed by atoms with Crippen LogP contribution in [0, 0.1) is 6.92 Å². The molecule has 0 aliphatic heterocycles. The second-order valence-electron chi connectivity index (χ2n) is 11.4. The molecular formula is C38H30N6O7. The van der Waals surface area contributed by atoms with E-state index in [-0.39, 0.29) is 46.4 Å². The second kappa shape index (κ2) is 15.0. The number of aryl methyl sites for hydroxylation is 1. The molecule has 0 aliphatic carbocycles. The largest absolute Gasteiger partial charge is 0.444 e. The standard InChI is InChI=1S/C38H30N6O7/c1-23-12-14-26(15-13-23)35-40-20-30(43-38(49)50-22-25-10-6-3-7-11-25)37(48)44(35)21-32(45)41-29(18-24-8-4-2-5-9-24)33(46)36-42-28-19-27(34(39)47)16-17-31(28)51-36/h2-20H,21-22H2,1H3,(H2,39,47)(H,41,45)(H,43,49). The van der Waals surface area contributed by atoms with Crippen molar-refractivity contribution in [2.24, 2.45) is 5.73 Å². The molecule has 0 atom stereocenters. The van der Waals surface area contributed by atoms with Crippen molar-refractivity contribution in [3.63, 3.8) is 0 Å². The molecule has 13 heteroatoms. The van der Waals surface area contributed by atoms with Gasteiger partial charge in [-0.1, -0.05) is 90.5 Å². The molecular weight excluding hydrogens is 652 g/mol. The van der Waals surface area contributed by atoms with E-state index >= 15 is 0 Å². The van der Waals surface area contributed by atoms with E-state index in [9.17, 15) is 24.0 Å². The van der Waals surface area contributed by atoms with Crippen LogP contribution in [0.25, 0.3) is 28.6 Å². The molecule has 4 aromatic carbocycles. The summed E-state index contributed by atoms with van der Waals surface area (Å²) in [6, 6.07) is 29.2. The number of ketones is 1. The maximum atomic E-state index is 13.8. The molecule has 4 N–H and O–H groups in total. The number of allylic oxidation sites excluding steroid dienone is 1. The first-order valence-corrected chi connectivity index (χ1v) is 15.6. The Morgan fingerprint density at radius 1 is 0.922 bits per heavy atom. The van der Waals surface area contributed by atoms with Gasteiger partial charge in [-0.05, 0) is 42.3 Å². The van der Waals surface area contributed by atoms with E-state index in [2.05, 4.69) is 20.6 Å². The predicted octanol–water partition coefficient (Wildman–Crippen LogP) is 5.25. The van der Waals surface area contributed by atoms with E-state index in [0.717, 1.165) is 15.7 Å². The van der Waals surface area contributed by atoms with E-state index < -0.39 is 35.8 Å². The number of fused-ring (bicyclic) bond motifs is 1. The van der Waals surface area contributed by atoms with Gasteiger partial charge in [0.25, 0.3) is 17.2 Å². The number of Topliss-reactive ketones (excluding diaryl/α,β-unsaturated/α-hetero) is 1. The van der Waals surface area contributed by atoms with Crippen molar-refractivity contribution in [3.8, 4) is 11.4 Å². The van der Waals surface area contributed by atoms with Gasteiger partial charge in [-0.25, -0.2) is 14.8 Å². The summed E-state index contributed by atoms with van der Waals surface area (Å²) in [5, 5.41) is 5.01. The van der Waals surface area contributed by atoms with Crippen LogP contribution in [-0.4, -0.2) is 38.2 Å². The third-order valence-electron chi connectivity index (χ3n) is 7.60. The van der Waals surface area contributed by atoms with E-state index in [4.69, 9.17) is 14.9 Å². The average molecular weight is 683 g/mol. The van der Waals surface area contributed by atoms with Crippen LogP contribution in [0.15, 0.2) is 124 Å². The minimum absolute atomic E-state index is 0.0326. The van der Waals surface area contributed by atoms with Crippen molar-refractivity contribution in [3.05, 3.63) is 154 Å². The van der Waals surface area contributed by atoms with Crippen LogP contribution in [0.3, 0.4) is 0 Å². The number of hydrogen-bond acceptors (Lipinski definition) is 9. The summed E-state index contributed by atoms with van der Waals surface area (Å²) in [6.07, 6.45) is 1.74. The molecule has 51 heavy (non-hydrogen) atoms. The molecule has 0 unspecified atom stereocenters. The molecule has 0 saturated carbocycles. The van der Waals surface area contributed by atoms with Crippen LogP contribution < -0.4 is 21.9 Å². The number of nitrogens with zero attached hydrogens (tertiary/aromatic N) is 3. The number of benzene rings is 4. The number of amides is 3. The first kappa shape index (κ1) is 33.7. The Kier molecular flexibility index (Phi) is 9.89. The number of ether oxygens (including phenoxy) is 1. The quantitative estimate of drug-likeness (QED) is 0.121. The fourth-order valence-corrected chi connectivity index (χ4v) is 5.03. The molecule has 13 nitrogen and oxygen atoms in total. The summed E-state index contributed by atoms with van der Waals surface area (Å²) in [5.41, 5.74) is 7.64. The lowest BCUT2D eigenvalue weighted by atomic mass is 10.1. The summed E-state index contributed by atoms with van der Waals surface area (Å²) in [5.74, 6) is -2.43. The van der Waals surface area contributed by atoms with Crippen molar-refractivity contribution < 1.29 is 28.3 Å². The molecule has 3 amide bonds. The number of anilines is 1. The Bertz CT molecular complexity index is 2350. The molecule has 0 saturated heterocycles. The number of nitrogens with one attached hydrogen (secondary N) is 2. The Labute approximate surface area is 290 Å². The minimum Gasteiger partial charge on any atom is -0.444 e. The van der Waals surface area contributed by atoms with Crippen LogP contribution in [0.1, 0.15) is 37.7 Å². The van der Waals surface area contributed by atoms with E-state index in [1.807, 2.05) is 25.1 Å². The Hall–Kier alpha value is -7.15. The topological polar surface area (TPSA) is 189 Å². The number of oxazole rings is 1. The highest BCUT2D eigenvalue weighted by Gasteiger charge is 2.23. The van der Waals surface area contributed by atoms with Crippen LogP contribution in [-0.2, 0) is 22.7 Å². The van der Waals surface area contributed by atoms with Gasteiger partial charge in [0.15, 0.2) is 5.58 Å². The van der Waals surface area contributed by atoms with Gasteiger partial charge in [-0.15, -0.1) is 0 Å². The van der Waals surface area contributed by atoms with Crippen LogP contribution >= 0.6 is 0 Å². The summed E-state index contributed by atoms with van der Waals surface area (Å²) >= 11 is 0. The maximum absolute atomic E-state index is 13.8. The zero-order valence-corrected chi connectivity index (χ0v) is 27.2. The van der Waals surface area contributed by atoms with Crippen LogP contribution in [0.2, 0.25) is 0 Å². The molecule has 6 aromatic rings. The molecule has 6 rings (SSSR count). The smallest absolute Gasteiger partial charge is 0.412 e. The number of hydrogen-bond donors (Lipinski definition) is 3. The van der Waals surface area contributed by atoms with Gasteiger partial charge < -0.3 is 20.2 Å². The van der Waals surface area contributed by atoms with Gasteiger partial charge in [0.1, 0.15) is 30.2 Å². The normalized spacial score (nSPS) is 11.2. The molecule has 2 heterocycles. The van der Waals surface area contributed by atoms with Crippen LogP contribution in [0.4, 0.5) is 10.5 Å². The first-order chi connectivity index (χ1) is 24.6. The van der Waals surface area contributed by atoms with Crippen molar-refractivity contribution in [2.45, 2.75) is 20.1 Å². The lowest BCUT2D eigenvalue weighted by Crippen LogP contribution is -2.36. The summed E-state index contributed by atoms with van der Waals surface area (Å²) in [7, 11) is 0. The third kappa shape index (κ3) is 8.12. The number of primary amides is 1. The van der Waals surface area contributed by atoms with Gasteiger partial charge in [0.2, 0.25) is 11.8 Å². The Morgan fingerprint density at radius 3 is 2.33 bits per heavy atom. The third-order valence-corrected chi connectivity index (χ3v) is 7.60. The SMILES string of the molecule is Cc1ccc(-c2ncc(NC(=O)OCc3ccccc3)c(=O)n2CC(=O)NC(=Cc2ccccc2)C(=O)c2nc3cc(C(N)=O)ccc3o2)cc1. The Morgan fingerprint density at radius 2 is 1.63 bits per heavy atom. The second-order valence-corrected chi connectivity index (χ2v) is 11.4. The zero-order chi connectivity index (χ0) is 35.9. The highest BCUT2D eigenvalue weighted by Crippen LogP contribution is 2.21. The molecule has 0 radical (unpaired) electrons. The number of carbonyl (C=O) groups is 4. The number of carbonyl (C=O) groups excluding carboxylic acids is 4. The van der Waals surface area contributed by atoms with Gasteiger partial charge in [-0.3, -0.25) is 29.1 Å². The average Bonchev–Trinajstić information content (AvgIpc) is 3.57. The van der Waals surface area contributed by atoms with Crippen molar-refractivity contribution in [1.29, 1.82) is 0 Å². The summed E-state index contributed by atoms with van der Waals surface area (Å²) < 4.78 is 12.0. The number of rotatable bonds is 11. The fourth-order valence-electron chi connectivity index (χ4n) is 5.03. The maximum Gasteiger partial charge on any atom is 0.412 e. The van der Waals surface area contributed by atoms with Gasteiger partial charge >= 0.3 is 6.09 Å². The number of nitrogens with two attached hydrogens (primary N) is 1. The van der Waals surface area contributed by atoms with Crippen molar-refractivity contribution in [2.75, 3.05) is 5.32 Å². The summed E-state index contributed by atoms with van der Waals surface area (Å²) in [6.45, 7) is 1.27. The van der Waals surface area contributed by atoms with Gasteiger partial charge in [0, 0.05) is 11.1 Å².